The van der Waals surface area contributed by atoms with Crippen molar-refractivity contribution in [3.8, 4) is 5.75 Å². The molecule has 1 aromatic rings. The standard InChI is InChI=1S/C15H21ClN2O3/c16-13-4-1-2-5-14(13)21-11-10-17-6-3-7-18(9-8-17)12-15(19)20/h1-2,4-5H,3,6-12H2,(H,19,20). The van der Waals surface area contributed by atoms with Crippen molar-refractivity contribution in [3.63, 3.8) is 0 Å². The third kappa shape index (κ3) is 5.53. The maximum absolute atomic E-state index is 10.7. The Hall–Kier alpha value is -1.30. The van der Waals surface area contributed by atoms with E-state index in [-0.39, 0.29) is 6.54 Å². The van der Waals surface area contributed by atoms with Crippen LogP contribution in [0.1, 0.15) is 6.42 Å². The predicted octanol–water partition coefficient (Wildman–Crippen LogP) is 1.81. The van der Waals surface area contributed by atoms with Gasteiger partial charge in [0, 0.05) is 26.2 Å². The first kappa shape index (κ1) is 16.1. The van der Waals surface area contributed by atoms with E-state index in [1.165, 1.54) is 0 Å². The Kier molecular flexibility index (Phi) is 6.29. The molecule has 0 atom stereocenters. The lowest BCUT2D eigenvalue weighted by atomic mass is 10.3. The van der Waals surface area contributed by atoms with Crippen LogP contribution in [0.2, 0.25) is 5.02 Å². The lowest BCUT2D eigenvalue weighted by Gasteiger charge is -2.21. The molecule has 0 unspecified atom stereocenters. The molecule has 1 heterocycles. The fraction of sp³-hybridized carbons (Fsp3) is 0.533. The molecule has 0 aromatic heterocycles. The average Bonchev–Trinajstić information content (AvgIpc) is 2.66. The summed E-state index contributed by atoms with van der Waals surface area (Å²) in [5, 5.41) is 9.46. The van der Waals surface area contributed by atoms with Gasteiger partial charge >= 0.3 is 5.97 Å². The SMILES string of the molecule is O=C(O)CN1CCCN(CCOc2ccccc2Cl)CC1. The third-order valence-corrected chi connectivity index (χ3v) is 3.85. The summed E-state index contributed by atoms with van der Waals surface area (Å²) < 4.78 is 5.69. The molecule has 1 aromatic carbocycles. The quantitative estimate of drug-likeness (QED) is 0.868. The summed E-state index contributed by atoms with van der Waals surface area (Å²) >= 11 is 6.04. The van der Waals surface area contributed by atoms with E-state index in [1.807, 2.05) is 29.2 Å². The molecule has 21 heavy (non-hydrogen) atoms. The maximum Gasteiger partial charge on any atom is 0.317 e. The number of carbonyl (C=O) groups is 1. The van der Waals surface area contributed by atoms with Crippen LogP contribution in [0.5, 0.6) is 5.75 Å². The molecule has 1 fully saturated rings. The van der Waals surface area contributed by atoms with Crippen molar-refractivity contribution in [2.75, 3.05) is 45.9 Å². The molecular formula is C15H21ClN2O3. The van der Waals surface area contributed by atoms with Gasteiger partial charge in [0.25, 0.3) is 0 Å². The molecule has 0 radical (unpaired) electrons. The van der Waals surface area contributed by atoms with Gasteiger partial charge in [0.1, 0.15) is 12.4 Å². The van der Waals surface area contributed by atoms with Gasteiger partial charge in [-0.05, 0) is 25.1 Å². The van der Waals surface area contributed by atoms with Gasteiger partial charge in [0.05, 0.1) is 11.6 Å². The smallest absolute Gasteiger partial charge is 0.317 e. The first-order chi connectivity index (χ1) is 10.1. The maximum atomic E-state index is 10.7. The number of para-hydroxylation sites is 1. The average molecular weight is 313 g/mol. The van der Waals surface area contributed by atoms with Crippen LogP contribution in [-0.4, -0.2) is 66.8 Å². The second-order valence-corrected chi connectivity index (χ2v) is 5.55. The Morgan fingerprint density at radius 1 is 1.19 bits per heavy atom. The fourth-order valence-corrected chi connectivity index (χ4v) is 2.63. The molecule has 0 spiro atoms. The highest BCUT2D eigenvalue weighted by Crippen LogP contribution is 2.22. The summed E-state index contributed by atoms with van der Waals surface area (Å²) in [5.74, 6) is -0.0491. The van der Waals surface area contributed by atoms with E-state index in [9.17, 15) is 4.79 Å². The van der Waals surface area contributed by atoms with Crippen LogP contribution in [-0.2, 0) is 4.79 Å². The Morgan fingerprint density at radius 3 is 2.67 bits per heavy atom. The molecule has 5 nitrogen and oxygen atoms in total. The highest BCUT2D eigenvalue weighted by molar-refractivity contribution is 6.32. The Labute approximate surface area is 130 Å². The minimum absolute atomic E-state index is 0.129. The van der Waals surface area contributed by atoms with Crippen molar-refractivity contribution in [2.45, 2.75) is 6.42 Å². The predicted molar refractivity (Wildman–Crippen MR) is 82.1 cm³/mol. The van der Waals surface area contributed by atoms with Crippen molar-refractivity contribution in [2.24, 2.45) is 0 Å². The number of rotatable bonds is 6. The molecule has 2 rings (SSSR count). The molecule has 116 valence electrons. The van der Waals surface area contributed by atoms with Gasteiger partial charge in [0.15, 0.2) is 0 Å². The zero-order valence-corrected chi connectivity index (χ0v) is 12.8. The molecule has 1 aliphatic heterocycles. The fourth-order valence-electron chi connectivity index (χ4n) is 2.44. The number of ether oxygens (including phenoxy) is 1. The number of carboxylic acid groups (broad SMARTS) is 1. The van der Waals surface area contributed by atoms with Gasteiger partial charge in [-0.15, -0.1) is 0 Å². The van der Waals surface area contributed by atoms with Gasteiger partial charge in [-0.3, -0.25) is 14.6 Å². The zero-order chi connectivity index (χ0) is 15.1. The number of aliphatic carboxylic acids is 1. The van der Waals surface area contributed by atoms with Crippen LogP contribution < -0.4 is 4.74 Å². The largest absolute Gasteiger partial charge is 0.491 e. The first-order valence-corrected chi connectivity index (χ1v) is 7.57. The molecule has 1 N–H and O–H groups in total. The van der Waals surface area contributed by atoms with Crippen LogP contribution in [0.4, 0.5) is 0 Å². The molecule has 0 aliphatic carbocycles. The van der Waals surface area contributed by atoms with Gasteiger partial charge in [-0.2, -0.15) is 0 Å². The molecule has 0 bridgehead atoms. The lowest BCUT2D eigenvalue weighted by molar-refractivity contribution is -0.138. The second-order valence-electron chi connectivity index (χ2n) is 5.14. The minimum Gasteiger partial charge on any atom is -0.491 e. The normalized spacial score (nSPS) is 17.4. The summed E-state index contributed by atoms with van der Waals surface area (Å²) in [6.45, 7) is 5.02. The van der Waals surface area contributed by atoms with Gasteiger partial charge in [0.2, 0.25) is 0 Å². The number of hydrogen-bond donors (Lipinski definition) is 1. The second kappa shape index (κ2) is 8.22. The first-order valence-electron chi connectivity index (χ1n) is 7.19. The molecule has 6 heteroatoms. The van der Waals surface area contributed by atoms with Gasteiger partial charge in [-0.25, -0.2) is 0 Å². The monoisotopic (exact) mass is 312 g/mol. The number of hydrogen-bond acceptors (Lipinski definition) is 4. The molecule has 0 saturated carbocycles. The number of carboxylic acids is 1. The van der Waals surface area contributed by atoms with E-state index < -0.39 is 5.97 Å². The van der Waals surface area contributed by atoms with Crippen molar-refractivity contribution in [1.29, 1.82) is 0 Å². The number of benzene rings is 1. The van der Waals surface area contributed by atoms with Crippen LogP contribution in [0.3, 0.4) is 0 Å². The van der Waals surface area contributed by atoms with E-state index >= 15 is 0 Å². The Morgan fingerprint density at radius 2 is 1.90 bits per heavy atom. The highest BCUT2D eigenvalue weighted by atomic mass is 35.5. The highest BCUT2D eigenvalue weighted by Gasteiger charge is 2.16. The molecule has 1 saturated heterocycles. The number of nitrogens with zero attached hydrogens (tertiary/aromatic N) is 2. The van der Waals surface area contributed by atoms with E-state index in [0.29, 0.717) is 17.4 Å². The van der Waals surface area contributed by atoms with Crippen LogP contribution >= 0.6 is 11.6 Å². The summed E-state index contributed by atoms with van der Waals surface area (Å²) in [5.41, 5.74) is 0. The molecule has 1 aliphatic rings. The Balaban J connectivity index is 1.72. The Bertz CT molecular complexity index is 470. The van der Waals surface area contributed by atoms with Crippen LogP contribution in [0, 0.1) is 0 Å². The summed E-state index contributed by atoms with van der Waals surface area (Å²) in [4.78, 5) is 15.0. The summed E-state index contributed by atoms with van der Waals surface area (Å²) in [6, 6.07) is 7.45. The third-order valence-electron chi connectivity index (χ3n) is 3.54. The van der Waals surface area contributed by atoms with Crippen molar-refractivity contribution < 1.29 is 14.6 Å². The van der Waals surface area contributed by atoms with Gasteiger partial charge < -0.3 is 9.84 Å². The van der Waals surface area contributed by atoms with Crippen molar-refractivity contribution >= 4 is 17.6 Å². The summed E-state index contributed by atoms with van der Waals surface area (Å²) in [7, 11) is 0. The van der Waals surface area contributed by atoms with Crippen molar-refractivity contribution in [3.05, 3.63) is 29.3 Å². The van der Waals surface area contributed by atoms with E-state index in [0.717, 1.165) is 39.1 Å². The van der Waals surface area contributed by atoms with Crippen LogP contribution in [0.25, 0.3) is 0 Å². The van der Waals surface area contributed by atoms with E-state index in [1.54, 1.807) is 0 Å². The van der Waals surface area contributed by atoms with Gasteiger partial charge in [-0.1, -0.05) is 23.7 Å². The number of halogens is 1. The lowest BCUT2D eigenvalue weighted by Crippen LogP contribution is -2.35. The molecule has 0 amide bonds. The zero-order valence-electron chi connectivity index (χ0n) is 12.0. The van der Waals surface area contributed by atoms with E-state index in [2.05, 4.69) is 4.90 Å². The van der Waals surface area contributed by atoms with Crippen LogP contribution in [0.15, 0.2) is 24.3 Å². The topological polar surface area (TPSA) is 53.0 Å². The molecular weight excluding hydrogens is 292 g/mol. The minimum atomic E-state index is -0.759. The van der Waals surface area contributed by atoms with Crippen molar-refractivity contribution in [1.82, 2.24) is 9.80 Å². The van der Waals surface area contributed by atoms with E-state index in [4.69, 9.17) is 21.4 Å². The summed E-state index contributed by atoms with van der Waals surface area (Å²) in [6.07, 6.45) is 0.985.